The van der Waals surface area contributed by atoms with E-state index in [1.807, 2.05) is 19.1 Å². The predicted molar refractivity (Wildman–Crippen MR) is 110 cm³/mol. The van der Waals surface area contributed by atoms with Crippen LogP contribution in [0.3, 0.4) is 0 Å². The van der Waals surface area contributed by atoms with Gasteiger partial charge < -0.3 is 15.0 Å². The lowest BCUT2D eigenvalue weighted by atomic mass is 10.1. The van der Waals surface area contributed by atoms with E-state index >= 15 is 0 Å². The maximum atomic E-state index is 12.9. The van der Waals surface area contributed by atoms with Gasteiger partial charge in [0.25, 0.3) is 5.91 Å². The molecule has 2 aromatic rings. The number of thioether (sulfide) groups is 1. The first-order valence-electron chi connectivity index (χ1n) is 9.11. The minimum atomic E-state index is -0.533. The van der Waals surface area contributed by atoms with Crippen LogP contribution in [0, 0.1) is 0 Å². The Hall–Kier alpha value is -2.80. The summed E-state index contributed by atoms with van der Waals surface area (Å²) in [6.45, 7) is 3.41. The number of carbonyl (C=O) groups is 3. The molecule has 7 heteroatoms. The monoisotopic (exact) mass is 398 g/mol. The molecule has 0 unspecified atom stereocenters. The number of hydrogen-bond acceptors (Lipinski definition) is 5. The summed E-state index contributed by atoms with van der Waals surface area (Å²) in [5.74, 6) is -0.232. The number of esters is 1. The Balaban J connectivity index is 1.76. The summed E-state index contributed by atoms with van der Waals surface area (Å²) < 4.78 is 5.31. The van der Waals surface area contributed by atoms with Crippen LogP contribution in [0.4, 0.5) is 11.4 Å². The van der Waals surface area contributed by atoms with Gasteiger partial charge >= 0.3 is 5.97 Å². The van der Waals surface area contributed by atoms with Gasteiger partial charge in [-0.3, -0.25) is 9.59 Å². The molecule has 6 nitrogen and oxygen atoms in total. The van der Waals surface area contributed by atoms with Gasteiger partial charge in [-0.15, -0.1) is 11.8 Å². The number of ether oxygens (including phenoxy) is 1. The molecule has 0 aliphatic carbocycles. The first kappa shape index (κ1) is 19.9. The highest BCUT2D eigenvalue weighted by Crippen LogP contribution is 2.31. The largest absolute Gasteiger partial charge is 0.452 e. The molecule has 28 heavy (non-hydrogen) atoms. The second kappa shape index (κ2) is 8.93. The summed E-state index contributed by atoms with van der Waals surface area (Å²) >= 11 is 1.54. The molecule has 1 aliphatic heterocycles. The lowest BCUT2D eigenvalue weighted by Crippen LogP contribution is -2.41. The zero-order valence-electron chi connectivity index (χ0n) is 15.8. The van der Waals surface area contributed by atoms with Crippen LogP contribution in [0.1, 0.15) is 30.6 Å². The summed E-state index contributed by atoms with van der Waals surface area (Å²) in [7, 11) is 0. The molecule has 1 aliphatic rings. The molecule has 2 aromatic carbocycles. The van der Waals surface area contributed by atoms with Crippen molar-refractivity contribution in [2.75, 3.05) is 22.6 Å². The van der Waals surface area contributed by atoms with Gasteiger partial charge in [0.2, 0.25) is 5.91 Å². The zero-order valence-corrected chi connectivity index (χ0v) is 16.6. The number of rotatable bonds is 5. The minimum absolute atomic E-state index is 0.155. The molecule has 0 bridgehead atoms. The van der Waals surface area contributed by atoms with Crippen molar-refractivity contribution in [1.82, 2.24) is 0 Å². The molecule has 0 aromatic heterocycles. The topological polar surface area (TPSA) is 75.7 Å². The van der Waals surface area contributed by atoms with Gasteiger partial charge in [-0.1, -0.05) is 31.2 Å². The van der Waals surface area contributed by atoms with E-state index < -0.39 is 12.6 Å². The SMILES string of the molecule is CCSc1ccccc1C(=O)OCC(=O)N1c2ccccc2NC(=O)C[C@H]1C. The fourth-order valence-electron chi connectivity index (χ4n) is 3.16. The van der Waals surface area contributed by atoms with Gasteiger partial charge in [0.1, 0.15) is 0 Å². The van der Waals surface area contributed by atoms with Gasteiger partial charge in [-0.2, -0.15) is 0 Å². The van der Waals surface area contributed by atoms with Crippen LogP contribution in [0.15, 0.2) is 53.4 Å². The lowest BCUT2D eigenvalue weighted by Gasteiger charge is -2.27. The van der Waals surface area contributed by atoms with Crippen molar-refractivity contribution in [2.24, 2.45) is 0 Å². The standard InChI is InChI=1S/C21H22N2O4S/c1-3-28-18-11-7-4-8-15(18)21(26)27-13-20(25)23-14(2)12-19(24)22-16-9-5-6-10-17(16)23/h4-11,14H,3,12-13H2,1-2H3,(H,22,24)/t14-/m1/s1. The number of amides is 2. The fourth-order valence-corrected chi connectivity index (χ4v) is 3.95. The average molecular weight is 398 g/mol. The molecule has 0 fully saturated rings. The predicted octanol–water partition coefficient (Wildman–Crippen LogP) is 3.72. The highest BCUT2D eigenvalue weighted by Gasteiger charge is 2.30. The molecule has 3 rings (SSSR count). The summed E-state index contributed by atoms with van der Waals surface area (Å²) in [5, 5.41) is 2.81. The molecule has 0 saturated carbocycles. The van der Waals surface area contributed by atoms with Crippen LogP contribution >= 0.6 is 11.8 Å². The molecule has 146 valence electrons. The van der Waals surface area contributed by atoms with Gasteiger partial charge in [0, 0.05) is 17.4 Å². The van der Waals surface area contributed by atoms with Gasteiger partial charge in [-0.25, -0.2) is 4.79 Å². The van der Waals surface area contributed by atoms with Crippen LogP contribution in [0.25, 0.3) is 0 Å². The van der Waals surface area contributed by atoms with E-state index in [0.717, 1.165) is 10.6 Å². The first-order chi connectivity index (χ1) is 13.5. The van der Waals surface area contributed by atoms with Crippen LogP contribution in [0.2, 0.25) is 0 Å². The second-order valence-electron chi connectivity index (χ2n) is 6.39. The number of para-hydroxylation sites is 2. The molecule has 1 atom stereocenters. The minimum Gasteiger partial charge on any atom is -0.452 e. The van der Waals surface area contributed by atoms with E-state index in [-0.39, 0.29) is 24.3 Å². The second-order valence-corrected chi connectivity index (χ2v) is 7.69. The van der Waals surface area contributed by atoms with E-state index in [4.69, 9.17) is 4.74 Å². The molecule has 0 radical (unpaired) electrons. The number of nitrogens with zero attached hydrogens (tertiary/aromatic N) is 1. The third-order valence-corrected chi connectivity index (χ3v) is 5.32. The Morgan fingerprint density at radius 1 is 1.18 bits per heavy atom. The first-order valence-corrected chi connectivity index (χ1v) is 10.1. The number of fused-ring (bicyclic) bond motifs is 1. The summed E-state index contributed by atoms with van der Waals surface area (Å²) in [4.78, 5) is 39.8. The van der Waals surface area contributed by atoms with Gasteiger partial charge in [0.05, 0.1) is 16.9 Å². The molecular formula is C21H22N2O4S. The highest BCUT2D eigenvalue weighted by molar-refractivity contribution is 7.99. The molecule has 2 amide bonds. The van der Waals surface area contributed by atoms with Crippen molar-refractivity contribution in [3.63, 3.8) is 0 Å². The average Bonchev–Trinajstić information content (AvgIpc) is 2.80. The number of anilines is 2. The van der Waals surface area contributed by atoms with E-state index in [1.165, 1.54) is 4.90 Å². The number of carbonyl (C=O) groups excluding carboxylic acids is 3. The van der Waals surface area contributed by atoms with Crippen LogP contribution < -0.4 is 10.2 Å². The van der Waals surface area contributed by atoms with Gasteiger partial charge in [-0.05, 0) is 36.9 Å². The van der Waals surface area contributed by atoms with E-state index in [2.05, 4.69) is 5.32 Å². The Kier molecular flexibility index (Phi) is 6.36. The van der Waals surface area contributed by atoms with Crippen LogP contribution in [-0.4, -0.2) is 36.2 Å². The van der Waals surface area contributed by atoms with Crippen molar-refractivity contribution in [3.8, 4) is 0 Å². The highest BCUT2D eigenvalue weighted by atomic mass is 32.2. The summed E-state index contributed by atoms with van der Waals surface area (Å²) in [6, 6.07) is 13.9. The van der Waals surface area contributed by atoms with Crippen LogP contribution in [-0.2, 0) is 14.3 Å². The lowest BCUT2D eigenvalue weighted by molar-refractivity contribution is -0.122. The van der Waals surface area contributed by atoms with Crippen molar-refractivity contribution in [1.29, 1.82) is 0 Å². The Morgan fingerprint density at radius 3 is 2.68 bits per heavy atom. The number of hydrogen-bond donors (Lipinski definition) is 1. The number of nitrogens with one attached hydrogen (secondary N) is 1. The van der Waals surface area contributed by atoms with E-state index in [9.17, 15) is 14.4 Å². The Labute approximate surface area is 168 Å². The summed E-state index contributed by atoms with van der Waals surface area (Å²) in [6.07, 6.45) is 0.171. The molecule has 1 N–H and O–H groups in total. The normalized spacial score (nSPS) is 16.0. The van der Waals surface area contributed by atoms with E-state index in [1.54, 1.807) is 55.1 Å². The van der Waals surface area contributed by atoms with Crippen molar-refractivity contribution >= 4 is 40.9 Å². The maximum Gasteiger partial charge on any atom is 0.339 e. The third kappa shape index (κ3) is 4.36. The Morgan fingerprint density at radius 2 is 1.89 bits per heavy atom. The quantitative estimate of drug-likeness (QED) is 0.614. The molecule has 0 spiro atoms. The van der Waals surface area contributed by atoms with Crippen molar-refractivity contribution in [2.45, 2.75) is 31.2 Å². The third-order valence-electron chi connectivity index (χ3n) is 4.36. The Bertz CT molecular complexity index is 899. The van der Waals surface area contributed by atoms with Crippen molar-refractivity contribution < 1.29 is 19.1 Å². The van der Waals surface area contributed by atoms with Crippen LogP contribution in [0.5, 0.6) is 0 Å². The smallest absolute Gasteiger partial charge is 0.339 e. The molecule has 1 heterocycles. The van der Waals surface area contributed by atoms with Gasteiger partial charge in [0.15, 0.2) is 6.61 Å². The fraction of sp³-hybridized carbons (Fsp3) is 0.286. The van der Waals surface area contributed by atoms with Crippen molar-refractivity contribution in [3.05, 3.63) is 54.1 Å². The molecular weight excluding hydrogens is 376 g/mol. The maximum absolute atomic E-state index is 12.9. The number of benzene rings is 2. The molecule has 0 saturated heterocycles. The summed E-state index contributed by atoms with van der Waals surface area (Å²) in [5.41, 5.74) is 1.62. The van der Waals surface area contributed by atoms with E-state index in [0.29, 0.717) is 16.9 Å². The zero-order chi connectivity index (χ0) is 20.1.